The Kier molecular flexibility index (Phi) is 3.83. The third-order valence-electron chi connectivity index (χ3n) is 4.45. The van der Waals surface area contributed by atoms with Crippen molar-refractivity contribution >= 4 is 16.9 Å². The molecule has 1 saturated carbocycles. The molecule has 0 radical (unpaired) electrons. The largest absolute Gasteiger partial charge is 0.355 e. The summed E-state index contributed by atoms with van der Waals surface area (Å²) in [6.07, 6.45) is 6.82. The summed E-state index contributed by atoms with van der Waals surface area (Å²) in [6.45, 7) is 0. The van der Waals surface area contributed by atoms with Gasteiger partial charge in [-0.15, -0.1) is 0 Å². The van der Waals surface area contributed by atoms with E-state index >= 15 is 0 Å². The van der Waals surface area contributed by atoms with Crippen LogP contribution in [-0.4, -0.2) is 36.1 Å². The van der Waals surface area contributed by atoms with E-state index in [1.807, 2.05) is 30.5 Å². The molecule has 0 atom stereocenters. The quantitative estimate of drug-likeness (QED) is 0.931. The van der Waals surface area contributed by atoms with Gasteiger partial charge < -0.3 is 10.2 Å². The standard InChI is InChI=1S/C16H22N4/c1-17-12-7-9-13(10-8-12)20(2)16-11-18-14-5-3-4-6-15(14)19-16/h3-6,11-13,17H,7-10H2,1-2H3. The van der Waals surface area contributed by atoms with E-state index in [2.05, 4.69) is 29.3 Å². The lowest BCUT2D eigenvalue weighted by atomic mass is 9.90. The van der Waals surface area contributed by atoms with E-state index in [9.17, 15) is 0 Å². The van der Waals surface area contributed by atoms with Gasteiger partial charge in [-0.2, -0.15) is 0 Å². The van der Waals surface area contributed by atoms with Gasteiger partial charge in [-0.1, -0.05) is 12.1 Å². The first-order valence-electron chi connectivity index (χ1n) is 7.40. The van der Waals surface area contributed by atoms with Crippen LogP contribution in [0.25, 0.3) is 11.0 Å². The first-order chi connectivity index (χ1) is 9.78. The Balaban J connectivity index is 1.77. The lowest BCUT2D eigenvalue weighted by Gasteiger charge is -2.35. The average Bonchev–Trinajstić information content (AvgIpc) is 2.54. The van der Waals surface area contributed by atoms with Crippen molar-refractivity contribution < 1.29 is 0 Å². The molecule has 3 rings (SSSR count). The molecule has 0 saturated heterocycles. The molecule has 1 aromatic heterocycles. The number of fused-ring (bicyclic) bond motifs is 1. The highest BCUT2D eigenvalue weighted by molar-refractivity contribution is 5.75. The summed E-state index contributed by atoms with van der Waals surface area (Å²) in [5, 5.41) is 3.38. The highest BCUT2D eigenvalue weighted by Gasteiger charge is 2.24. The van der Waals surface area contributed by atoms with E-state index in [0.29, 0.717) is 12.1 Å². The van der Waals surface area contributed by atoms with E-state index in [1.54, 1.807) is 0 Å². The molecule has 2 aromatic rings. The maximum absolute atomic E-state index is 4.74. The molecule has 0 spiro atoms. The molecule has 4 nitrogen and oxygen atoms in total. The van der Waals surface area contributed by atoms with Gasteiger partial charge in [0.15, 0.2) is 0 Å². The van der Waals surface area contributed by atoms with E-state index in [-0.39, 0.29) is 0 Å². The summed E-state index contributed by atoms with van der Waals surface area (Å²) in [5.41, 5.74) is 1.93. The van der Waals surface area contributed by atoms with Gasteiger partial charge in [0.05, 0.1) is 17.2 Å². The third kappa shape index (κ3) is 2.61. The fourth-order valence-electron chi connectivity index (χ4n) is 3.06. The summed E-state index contributed by atoms with van der Waals surface area (Å²) in [4.78, 5) is 11.5. The number of hydrogen-bond donors (Lipinski definition) is 1. The lowest BCUT2D eigenvalue weighted by Crippen LogP contribution is -2.40. The predicted molar refractivity (Wildman–Crippen MR) is 83.0 cm³/mol. The smallest absolute Gasteiger partial charge is 0.147 e. The fourth-order valence-corrected chi connectivity index (χ4v) is 3.06. The molecule has 1 aromatic carbocycles. The summed E-state index contributed by atoms with van der Waals surface area (Å²) in [5.74, 6) is 0.983. The summed E-state index contributed by atoms with van der Waals surface area (Å²) < 4.78 is 0. The second kappa shape index (κ2) is 5.75. The normalized spacial score (nSPS) is 22.9. The molecule has 0 bridgehead atoms. The zero-order valence-corrected chi connectivity index (χ0v) is 12.2. The third-order valence-corrected chi connectivity index (χ3v) is 4.45. The van der Waals surface area contributed by atoms with E-state index < -0.39 is 0 Å². The summed E-state index contributed by atoms with van der Waals surface area (Å²) in [7, 11) is 4.20. The Morgan fingerprint density at radius 2 is 1.80 bits per heavy atom. The van der Waals surface area contributed by atoms with Gasteiger partial charge in [-0.25, -0.2) is 4.98 Å². The highest BCUT2D eigenvalue weighted by Crippen LogP contribution is 2.25. The van der Waals surface area contributed by atoms with Gasteiger partial charge in [-0.05, 0) is 44.9 Å². The molecule has 20 heavy (non-hydrogen) atoms. The van der Waals surface area contributed by atoms with Crippen LogP contribution in [0, 0.1) is 0 Å². The number of nitrogens with one attached hydrogen (secondary N) is 1. The van der Waals surface area contributed by atoms with Gasteiger partial charge >= 0.3 is 0 Å². The molecule has 1 N–H and O–H groups in total. The van der Waals surface area contributed by atoms with Crippen LogP contribution in [0.4, 0.5) is 5.82 Å². The first kappa shape index (κ1) is 13.3. The number of anilines is 1. The molecule has 1 heterocycles. The lowest BCUT2D eigenvalue weighted by molar-refractivity contribution is 0.350. The Morgan fingerprint density at radius 1 is 1.10 bits per heavy atom. The summed E-state index contributed by atoms with van der Waals surface area (Å²) >= 11 is 0. The van der Waals surface area contributed by atoms with E-state index in [4.69, 9.17) is 4.98 Å². The molecule has 1 fully saturated rings. The molecule has 1 aliphatic carbocycles. The SMILES string of the molecule is CNC1CCC(N(C)c2cnc3ccccc3n2)CC1. The Bertz CT molecular complexity index is 575. The van der Waals surface area contributed by atoms with Gasteiger partial charge in [0.2, 0.25) is 0 Å². The topological polar surface area (TPSA) is 41.0 Å². The van der Waals surface area contributed by atoms with Crippen LogP contribution in [0.2, 0.25) is 0 Å². The minimum absolute atomic E-state index is 0.579. The maximum Gasteiger partial charge on any atom is 0.147 e. The van der Waals surface area contributed by atoms with Crippen LogP contribution < -0.4 is 10.2 Å². The number of hydrogen-bond acceptors (Lipinski definition) is 4. The molecule has 0 aliphatic heterocycles. The van der Waals surface area contributed by atoms with Gasteiger partial charge in [0.25, 0.3) is 0 Å². The number of benzene rings is 1. The first-order valence-corrected chi connectivity index (χ1v) is 7.40. The van der Waals surface area contributed by atoms with Gasteiger partial charge in [-0.3, -0.25) is 4.98 Å². The minimum atomic E-state index is 0.579. The van der Waals surface area contributed by atoms with Crippen LogP contribution >= 0.6 is 0 Å². The zero-order valence-electron chi connectivity index (χ0n) is 12.2. The fraction of sp³-hybridized carbons (Fsp3) is 0.500. The molecule has 0 amide bonds. The van der Waals surface area contributed by atoms with Crippen LogP contribution in [0.15, 0.2) is 30.5 Å². The van der Waals surface area contributed by atoms with Crippen molar-refractivity contribution in [3.8, 4) is 0 Å². The molecule has 4 heteroatoms. The van der Waals surface area contributed by atoms with Crippen LogP contribution in [0.5, 0.6) is 0 Å². The monoisotopic (exact) mass is 270 g/mol. The molecular formula is C16H22N4. The van der Waals surface area contributed by atoms with Crippen LogP contribution in [0.3, 0.4) is 0 Å². The van der Waals surface area contributed by atoms with Gasteiger partial charge in [0.1, 0.15) is 5.82 Å². The van der Waals surface area contributed by atoms with Crippen molar-refractivity contribution in [3.05, 3.63) is 30.5 Å². The summed E-state index contributed by atoms with van der Waals surface area (Å²) in [6, 6.07) is 9.30. The van der Waals surface area contributed by atoms with Crippen molar-refractivity contribution in [2.45, 2.75) is 37.8 Å². The Hall–Kier alpha value is -1.68. The van der Waals surface area contributed by atoms with Gasteiger partial charge in [0, 0.05) is 19.1 Å². The average molecular weight is 270 g/mol. The second-order valence-corrected chi connectivity index (χ2v) is 5.62. The Morgan fingerprint density at radius 3 is 2.50 bits per heavy atom. The van der Waals surface area contributed by atoms with E-state index in [1.165, 1.54) is 25.7 Å². The number of aromatic nitrogens is 2. The number of nitrogens with zero attached hydrogens (tertiary/aromatic N) is 3. The van der Waals surface area contributed by atoms with Crippen molar-refractivity contribution in [3.63, 3.8) is 0 Å². The van der Waals surface area contributed by atoms with E-state index in [0.717, 1.165) is 16.9 Å². The number of para-hydroxylation sites is 2. The molecule has 0 unspecified atom stereocenters. The predicted octanol–water partition coefficient (Wildman–Crippen LogP) is 2.60. The Labute approximate surface area is 120 Å². The highest BCUT2D eigenvalue weighted by atomic mass is 15.2. The molecule has 106 valence electrons. The number of rotatable bonds is 3. The molecular weight excluding hydrogens is 248 g/mol. The van der Waals surface area contributed by atoms with Crippen LogP contribution in [-0.2, 0) is 0 Å². The van der Waals surface area contributed by atoms with Crippen molar-refractivity contribution in [2.24, 2.45) is 0 Å². The van der Waals surface area contributed by atoms with Crippen LogP contribution in [0.1, 0.15) is 25.7 Å². The van der Waals surface area contributed by atoms with Crippen molar-refractivity contribution in [2.75, 3.05) is 19.0 Å². The maximum atomic E-state index is 4.74. The molecule has 1 aliphatic rings. The second-order valence-electron chi connectivity index (χ2n) is 5.62. The zero-order chi connectivity index (χ0) is 13.9. The van der Waals surface area contributed by atoms with Crippen molar-refractivity contribution in [1.82, 2.24) is 15.3 Å². The van der Waals surface area contributed by atoms with Crippen molar-refractivity contribution in [1.29, 1.82) is 0 Å². The minimum Gasteiger partial charge on any atom is -0.355 e.